The van der Waals surface area contributed by atoms with Gasteiger partial charge in [-0.1, -0.05) is 42.2 Å². The van der Waals surface area contributed by atoms with E-state index in [0.717, 1.165) is 5.56 Å². The molecule has 2 heterocycles. The lowest BCUT2D eigenvalue weighted by Crippen LogP contribution is -2.53. The van der Waals surface area contributed by atoms with Crippen LogP contribution in [0.5, 0.6) is 5.75 Å². The quantitative estimate of drug-likeness (QED) is 0.511. The molecule has 1 aliphatic heterocycles. The molecular weight excluding hydrogens is 434 g/mol. The van der Waals surface area contributed by atoms with Crippen LogP contribution in [-0.2, 0) is 11.2 Å². The average Bonchev–Trinajstić information content (AvgIpc) is 3.27. The first-order chi connectivity index (χ1) is 16.3. The molecular formula is C25H25N5O4. The van der Waals surface area contributed by atoms with E-state index in [2.05, 4.69) is 32.3 Å². The van der Waals surface area contributed by atoms with Gasteiger partial charge >= 0.3 is 0 Å². The Kier molecular flexibility index (Phi) is 6.61. The van der Waals surface area contributed by atoms with E-state index in [9.17, 15) is 14.7 Å². The molecule has 3 atom stereocenters. The van der Waals surface area contributed by atoms with Gasteiger partial charge in [0.1, 0.15) is 29.8 Å². The molecule has 9 nitrogen and oxygen atoms in total. The fraction of sp³-hybridized carbons (Fsp3) is 0.280. The predicted octanol–water partition coefficient (Wildman–Crippen LogP) is 1.67. The van der Waals surface area contributed by atoms with Crippen LogP contribution in [0.15, 0.2) is 48.5 Å². The lowest BCUT2D eigenvalue weighted by atomic mass is 10.1. The summed E-state index contributed by atoms with van der Waals surface area (Å²) in [5, 5.41) is 18.9. The molecule has 3 N–H and O–H groups in total. The summed E-state index contributed by atoms with van der Waals surface area (Å²) in [5.74, 6) is 5.60. The van der Waals surface area contributed by atoms with Crippen molar-refractivity contribution in [1.82, 2.24) is 20.5 Å². The van der Waals surface area contributed by atoms with Crippen molar-refractivity contribution in [1.29, 1.82) is 0 Å². The van der Waals surface area contributed by atoms with Crippen LogP contribution in [0.3, 0.4) is 0 Å². The van der Waals surface area contributed by atoms with E-state index in [4.69, 9.17) is 4.74 Å². The van der Waals surface area contributed by atoms with E-state index in [-0.39, 0.29) is 11.7 Å². The summed E-state index contributed by atoms with van der Waals surface area (Å²) in [4.78, 5) is 31.8. The Hall–Kier alpha value is -4.16. The first-order valence-corrected chi connectivity index (χ1v) is 10.9. The number of aliphatic hydroxyl groups is 1. The largest absolute Gasteiger partial charge is 0.486 e. The number of nitrogens with zero attached hydrogens (tertiary/aromatic N) is 3. The standard InChI is InChI=1S/C25H25N5O4/c1-15(31)9-10-18-11-12-20-19(13-18)30(3)25(33)22(16(2)34-20)27-24(32)23-26-21(28-29-23)14-17-7-5-4-6-8-17/h4-8,11-13,15-16,22,31H,14H2,1-3H3,(H,27,32)(H,26,28,29)/t15?,16-,22+/m1/s1. The lowest BCUT2D eigenvalue weighted by molar-refractivity contribution is -0.121. The highest BCUT2D eigenvalue weighted by atomic mass is 16.5. The second-order valence-electron chi connectivity index (χ2n) is 8.07. The summed E-state index contributed by atoms with van der Waals surface area (Å²) in [5.41, 5.74) is 2.18. The number of carbonyl (C=O) groups is 2. The van der Waals surface area contributed by atoms with Crippen molar-refractivity contribution in [2.45, 2.75) is 38.5 Å². The molecule has 3 aromatic rings. The highest BCUT2D eigenvalue weighted by Gasteiger charge is 2.36. The number of nitrogens with one attached hydrogen (secondary N) is 2. The molecule has 0 fully saturated rings. The zero-order valence-electron chi connectivity index (χ0n) is 19.1. The Bertz CT molecular complexity index is 1260. The minimum absolute atomic E-state index is 0.0500. The second-order valence-corrected chi connectivity index (χ2v) is 8.07. The average molecular weight is 460 g/mol. The van der Waals surface area contributed by atoms with Gasteiger partial charge in [-0.05, 0) is 37.6 Å². The molecule has 9 heteroatoms. The zero-order valence-corrected chi connectivity index (χ0v) is 19.1. The maximum Gasteiger partial charge on any atom is 0.291 e. The number of hydrogen-bond acceptors (Lipinski definition) is 6. The fourth-order valence-electron chi connectivity index (χ4n) is 3.59. The van der Waals surface area contributed by atoms with Crippen molar-refractivity contribution in [3.8, 4) is 17.6 Å². The number of aromatic nitrogens is 3. The predicted molar refractivity (Wildman–Crippen MR) is 125 cm³/mol. The van der Waals surface area contributed by atoms with Crippen molar-refractivity contribution >= 4 is 17.5 Å². The van der Waals surface area contributed by atoms with Gasteiger partial charge < -0.3 is 20.1 Å². The minimum atomic E-state index is -0.951. The van der Waals surface area contributed by atoms with Crippen LogP contribution in [0.1, 0.15) is 41.4 Å². The molecule has 2 amide bonds. The monoisotopic (exact) mass is 459 g/mol. The number of ether oxygens (including phenoxy) is 1. The van der Waals surface area contributed by atoms with Gasteiger partial charge in [-0.15, -0.1) is 5.10 Å². The fourth-order valence-corrected chi connectivity index (χ4v) is 3.59. The Labute approximate surface area is 197 Å². The summed E-state index contributed by atoms with van der Waals surface area (Å²) in [6.45, 7) is 3.29. The number of aliphatic hydroxyl groups excluding tert-OH is 1. The first-order valence-electron chi connectivity index (χ1n) is 10.9. The van der Waals surface area contributed by atoms with Gasteiger partial charge in [-0.25, -0.2) is 4.98 Å². The Morgan fingerprint density at radius 3 is 2.79 bits per heavy atom. The first kappa shape index (κ1) is 23.0. The summed E-state index contributed by atoms with van der Waals surface area (Å²) < 4.78 is 5.99. The number of aromatic amines is 1. The smallest absolute Gasteiger partial charge is 0.291 e. The van der Waals surface area contributed by atoms with Gasteiger partial charge in [-0.3, -0.25) is 14.7 Å². The molecule has 4 rings (SSSR count). The summed E-state index contributed by atoms with van der Waals surface area (Å²) in [6, 6.07) is 13.9. The number of hydrogen-bond donors (Lipinski definition) is 3. The molecule has 34 heavy (non-hydrogen) atoms. The summed E-state index contributed by atoms with van der Waals surface area (Å²) in [6.07, 6.45) is -0.906. The number of anilines is 1. The number of benzene rings is 2. The Morgan fingerprint density at radius 1 is 1.29 bits per heavy atom. The highest BCUT2D eigenvalue weighted by molar-refractivity contribution is 6.02. The topological polar surface area (TPSA) is 120 Å². The lowest BCUT2D eigenvalue weighted by Gasteiger charge is -2.23. The molecule has 0 spiro atoms. The number of amides is 2. The Balaban J connectivity index is 1.50. The molecule has 0 saturated heterocycles. The van der Waals surface area contributed by atoms with Crippen molar-refractivity contribution in [2.24, 2.45) is 0 Å². The van der Waals surface area contributed by atoms with Gasteiger partial charge in [0, 0.05) is 19.0 Å². The molecule has 1 unspecified atom stereocenters. The van der Waals surface area contributed by atoms with E-state index in [0.29, 0.717) is 29.2 Å². The van der Waals surface area contributed by atoms with Crippen LogP contribution in [0.4, 0.5) is 5.69 Å². The zero-order chi connectivity index (χ0) is 24.2. The van der Waals surface area contributed by atoms with E-state index < -0.39 is 24.2 Å². The molecule has 2 aromatic carbocycles. The van der Waals surface area contributed by atoms with Gasteiger partial charge in [0.25, 0.3) is 11.8 Å². The second kappa shape index (κ2) is 9.77. The van der Waals surface area contributed by atoms with Crippen LogP contribution >= 0.6 is 0 Å². The van der Waals surface area contributed by atoms with Crippen molar-refractivity contribution < 1.29 is 19.4 Å². The molecule has 0 radical (unpaired) electrons. The van der Waals surface area contributed by atoms with Crippen LogP contribution in [0.25, 0.3) is 0 Å². The maximum atomic E-state index is 13.2. The van der Waals surface area contributed by atoms with Crippen LogP contribution in [0.2, 0.25) is 0 Å². The van der Waals surface area contributed by atoms with Crippen LogP contribution < -0.4 is 15.0 Å². The van der Waals surface area contributed by atoms with Crippen LogP contribution in [0, 0.1) is 11.8 Å². The normalized spacial score (nSPS) is 18.1. The molecule has 1 aliphatic rings. The number of carbonyl (C=O) groups excluding carboxylic acids is 2. The number of fused-ring (bicyclic) bond motifs is 1. The third-order valence-electron chi connectivity index (χ3n) is 5.36. The summed E-state index contributed by atoms with van der Waals surface area (Å²) >= 11 is 0. The maximum absolute atomic E-state index is 13.2. The molecule has 0 saturated carbocycles. The summed E-state index contributed by atoms with van der Waals surface area (Å²) in [7, 11) is 1.61. The van der Waals surface area contributed by atoms with Gasteiger partial charge in [0.15, 0.2) is 0 Å². The third kappa shape index (κ3) is 5.08. The van der Waals surface area contributed by atoms with Crippen molar-refractivity contribution in [3.05, 3.63) is 71.3 Å². The van der Waals surface area contributed by atoms with E-state index in [1.165, 1.54) is 4.90 Å². The Morgan fingerprint density at radius 2 is 2.06 bits per heavy atom. The SMILES string of the molecule is CC(O)C#Cc1ccc2c(c1)N(C)C(=O)[C@@H](NC(=O)c1n[nH]c(Cc3ccccc3)n1)[C@@H](C)O2. The van der Waals surface area contributed by atoms with Crippen molar-refractivity contribution in [2.75, 3.05) is 11.9 Å². The van der Waals surface area contributed by atoms with Gasteiger partial charge in [0.2, 0.25) is 5.82 Å². The third-order valence-corrected chi connectivity index (χ3v) is 5.36. The number of H-pyrrole nitrogens is 1. The van der Waals surface area contributed by atoms with Gasteiger partial charge in [0.05, 0.1) is 5.69 Å². The molecule has 174 valence electrons. The van der Waals surface area contributed by atoms with Crippen molar-refractivity contribution in [3.63, 3.8) is 0 Å². The molecule has 0 aliphatic carbocycles. The number of likely N-dealkylation sites (N-methyl/N-ethyl adjacent to an activating group) is 1. The highest BCUT2D eigenvalue weighted by Crippen LogP contribution is 2.33. The van der Waals surface area contributed by atoms with E-state index in [1.807, 2.05) is 30.3 Å². The minimum Gasteiger partial charge on any atom is -0.486 e. The van der Waals surface area contributed by atoms with E-state index in [1.54, 1.807) is 39.1 Å². The molecule has 0 bridgehead atoms. The molecule has 1 aromatic heterocycles. The van der Waals surface area contributed by atoms with Crippen LogP contribution in [-0.4, -0.2) is 57.4 Å². The van der Waals surface area contributed by atoms with E-state index >= 15 is 0 Å². The number of rotatable bonds is 4. The van der Waals surface area contributed by atoms with Gasteiger partial charge in [-0.2, -0.15) is 0 Å².